The van der Waals surface area contributed by atoms with Gasteiger partial charge >= 0.3 is 0 Å². The molecule has 2 aromatic rings. The van der Waals surface area contributed by atoms with E-state index in [9.17, 15) is 9.90 Å². The molecule has 1 amide bonds. The summed E-state index contributed by atoms with van der Waals surface area (Å²) < 4.78 is 5.63. The monoisotopic (exact) mass is 299 g/mol. The van der Waals surface area contributed by atoms with Crippen molar-refractivity contribution in [1.82, 2.24) is 5.32 Å². The molecule has 0 saturated heterocycles. The van der Waals surface area contributed by atoms with E-state index in [1.807, 2.05) is 38.1 Å². The van der Waals surface area contributed by atoms with Crippen LogP contribution in [0.2, 0.25) is 0 Å². The molecule has 0 unspecified atom stereocenters. The van der Waals surface area contributed by atoms with Crippen LogP contribution in [-0.4, -0.2) is 17.1 Å². The van der Waals surface area contributed by atoms with E-state index >= 15 is 0 Å². The SMILES string of the molecule is CC(C)OCc1ccccc1CNC(=O)c1ccccc1O. The quantitative estimate of drug-likeness (QED) is 0.861. The third kappa shape index (κ3) is 4.33. The Kier molecular flexibility index (Phi) is 5.55. The summed E-state index contributed by atoms with van der Waals surface area (Å²) >= 11 is 0. The molecule has 0 heterocycles. The standard InChI is InChI=1S/C18H21NO3/c1-13(2)22-12-15-8-4-3-7-14(15)11-19-18(21)16-9-5-6-10-17(16)20/h3-10,13,20H,11-12H2,1-2H3,(H,19,21). The average Bonchev–Trinajstić information content (AvgIpc) is 2.51. The molecule has 0 aromatic heterocycles. The van der Waals surface area contributed by atoms with E-state index in [0.29, 0.717) is 13.2 Å². The van der Waals surface area contributed by atoms with Crippen molar-refractivity contribution in [3.63, 3.8) is 0 Å². The van der Waals surface area contributed by atoms with Gasteiger partial charge in [-0.25, -0.2) is 0 Å². The number of carbonyl (C=O) groups excluding carboxylic acids is 1. The van der Waals surface area contributed by atoms with Crippen molar-refractivity contribution in [2.24, 2.45) is 0 Å². The van der Waals surface area contributed by atoms with E-state index in [2.05, 4.69) is 5.32 Å². The van der Waals surface area contributed by atoms with Crippen molar-refractivity contribution in [3.05, 3.63) is 65.2 Å². The van der Waals surface area contributed by atoms with E-state index < -0.39 is 0 Å². The van der Waals surface area contributed by atoms with Crippen molar-refractivity contribution in [2.45, 2.75) is 33.1 Å². The maximum absolute atomic E-state index is 12.1. The highest BCUT2D eigenvalue weighted by Gasteiger charge is 2.11. The van der Waals surface area contributed by atoms with Crippen LogP contribution in [0.1, 0.15) is 35.3 Å². The number of amides is 1. The summed E-state index contributed by atoms with van der Waals surface area (Å²) in [6.45, 7) is 4.89. The summed E-state index contributed by atoms with van der Waals surface area (Å²) in [5.74, 6) is -0.311. The number of aromatic hydroxyl groups is 1. The molecule has 2 N–H and O–H groups in total. The molecule has 116 valence electrons. The van der Waals surface area contributed by atoms with E-state index in [1.165, 1.54) is 6.07 Å². The minimum atomic E-state index is -0.294. The Hall–Kier alpha value is -2.33. The second kappa shape index (κ2) is 7.61. The van der Waals surface area contributed by atoms with Gasteiger partial charge < -0.3 is 15.2 Å². The van der Waals surface area contributed by atoms with Crippen LogP contribution in [0.3, 0.4) is 0 Å². The fourth-order valence-corrected chi connectivity index (χ4v) is 2.06. The third-order valence-electron chi connectivity index (χ3n) is 3.28. The molecule has 2 aromatic carbocycles. The van der Waals surface area contributed by atoms with E-state index in [4.69, 9.17) is 4.74 Å². The first kappa shape index (κ1) is 16.0. The summed E-state index contributed by atoms with van der Waals surface area (Å²) in [7, 11) is 0. The van der Waals surface area contributed by atoms with Crippen LogP contribution >= 0.6 is 0 Å². The summed E-state index contributed by atoms with van der Waals surface area (Å²) in [4.78, 5) is 12.1. The number of phenols is 1. The molecule has 0 bridgehead atoms. The summed E-state index contributed by atoms with van der Waals surface area (Å²) in [5, 5.41) is 12.5. The van der Waals surface area contributed by atoms with Gasteiger partial charge in [0.1, 0.15) is 5.75 Å². The number of ether oxygens (including phenoxy) is 1. The number of nitrogens with one attached hydrogen (secondary N) is 1. The minimum absolute atomic E-state index is 0.0172. The fourth-order valence-electron chi connectivity index (χ4n) is 2.06. The number of hydrogen-bond donors (Lipinski definition) is 2. The molecule has 4 nitrogen and oxygen atoms in total. The lowest BCUT2D eigenvalue weighted by Crippen LogP contribution is -2.23. The van der Waals surface area contributed by atoms with Crippen LogP contribution in [0.15, 0.2) is 48.5 Å². The fraction of sp³-hybridized carbons (Fsp3) is 0.278. The van der Waals surface area contributed by atoms with Crippen LogP contribution in [0.4, 0.5) is 0 Å². The molecule has 22 heavy (non-hydrogen) atoms. The molecule has 4 heteroatoms. The number of para-hydroxylation sites is 1. The average molecular weight is 299 g/mol. The maximum atomic E-state index is 12.1. The van der Waals surface area contributed by atoms with Crippen LogP contribution in [-0.2, 0) is 17.9 Å². The van der Waals surface area contributed by atoms with Crippen molar-refractivity contribution < 1.29 is 14.6 Å². The lowest BCUT2D eigenvalue weighted by atomic mass is 10.1. The largest absolute Gasteiger partial charge is 0.507 e. The van der Waals surface area contributed by atoms with Crippen LogP contribution in [0, 0.1) is 0 Å². The van der Waals surface area contributed by atoms with Gasteiger partial charge in [0.15, 0.2) is 0 Å². The Bertz CT molecular complexity index is 638. The molecule has 0 aliphatic heterocycles. The second-order valence-corrected chi connectivity index (χ2v) is 5.33. The Morgan fingerprint density at radius 1 is 1.09 bits per heavy atom. The highest BCUT2D eigenvalue weighted by atomic mass is 16.5. The maximum Gasteiger partial charge on any atom is 0.255 e. The van der Waals surface area contributed by atoms with Crippen molar-refractivity contribution in [3.8, 4) is 5.75 Å². The van der Waals surface area contributed by atoms with Crippen molar-refractivity contribution >= 4 is 5.91 Å². The molecular weight excluding hydrogens is 278 g/mol. The zero-order chi connectivity index (χ0) is 15.9. The van der Waals surface area contributed by atoms with Gasteiger partial charge in [0.25, 0.3) is 5.91 Å². The minimum Gasteiger partial charge on any atom is -0.507 e. The van der Waals surface area contributed by atoms with Gasteiger partial charge in [-0.2, -0.15) is 0 Å². The lowest BCUT2D eigenvalue weighted by molar-refractivity contribution is 0.0651. The molecule has 0 saturated carbocycles. The summed E-state index contributed by atoms with van der Waals surface area (Å²) in [5.41, 5.74) is 2.33. The zero-order valence-electron chi connectivity index (χ0n) is 12.9. The van der Waals surface area contributed by atoms with Crippen molar-refractivity contribution in [2.75, 3.05) is 0 Å². The number of carbonyl (C=O) groups is 1. The Morgan fingerprint density at radius 3 is 2.41 bits per heavy atom. The zero-order valence-corrected chi connectivity index (χ0v) is 12.9. The number of phenolic OH excluding ortho intramolecular Hbond substituents is 1. The molecule has 0 aliphatic carbocycles. The Labute approximate surface area is 130 Å². The Morgan fingerprint density at radius 2 is 1.73 bits per heavy atom. The van der Waals surface area contributed by atoms with E-state index in [-0.39, 0.29) is 23.3 Å². The van der Waals surface area contributed by atoms with Crippen LogP contribution in [0.5, 0.6) is 5.75 Å². The number of rotatable bonds is 6. The van der Waals surface area contributed by atoms with Gasteiger partial charge in [0.05, 0.1) is 18.3 Å². The van der Waals surface area contributed by atoms with Gasteiger partial charge in [-0.3, -0.25) is 4.79 Å². The van der Waals surface area contributed by atoms with Crippen molar-refractivity contribution in [1.29, 1.82) is 0 Å². The highest BCUT2D eigenvalue weighted by Crippen LogP contribution is 2.16. The normalized spacial score (nSPS) is 10.7. The summed E-state index contributed by atoms with van der Waals surface area (Å²) in [6.07, 6.45) is 0.156. The summed E-state index contributed by atoms with van der Waals surface area (Å²) in [6, 6.07) is 14.3. The van der Waals surface area contributed by atoms with Crippen LogP contribution < -0.4 is 5.32 Å². The first-order chi connectivity index (χ1) is 10.6. The molecular formula is C18H21NO3. The smallest absolute Gasteiger partial charge is 0.255 e. The second-order valence-electron chi connectivity index (χ2n) is 5.33. The number of hydrogen-bond acceptors (Lipinski definition) is 3. The first-order valence-electron chi connectivity index (χ1n) is 7.32. The van der Waals surface area contributed by atoms with Gasteiger partial charge in [-0.1, -0.05) is 36.4 Å². The molecule has 0 spiro atoms. The predicted octanol–water partition coefficient (Wildman–Crippen LogP) is 3.25. The Balaban J connectivity index is 2.02. The topological polar surface area (TPSA) is 58.6 Å². The van der Waals surface area contributed by atoms with E-state index in [1.54, 1.807) is 18.2 Å². The van der Waals surface area contributed by atoms with Gasteiger partial charge in [-0.15, -0.1) is 0 Å². The highest BCUT2D eigenvalue weighted by molar-refractivity contribution is 5.96. The molecule has 2 rings (SSSR count). The van der Waals surface area contributed by atoms with Gasteiger partial charge in [-0.05, 0) is 37.1 Å². The van der Waals surface area contributed by atoms with Gasteiger partial charge in [0.2, 0.25) is 0 Å². The predicted molar refractivity (Wildman–Crippen MR) is 85.6 cm³/mol. The first-order valence-corrected chi connectivity index (χ1v) is 7.32. The third-order valence-corrected chi connectivity index (χ3v) is 3.28. The molecule has 0 atom stereocenters. The molecule has 0 fully saturated rings. The van der Waals surface area contributed by atoms with Crippen LogP contribution in [0.25, 0.3) is 0 Å². The molecule has 0 aliphatic rings. The van der Waals surface area contributed by atoms with Gasteiger partial charge in [0, 0.05) is 6.54 Å². The lowest BCUT2D eigenvalue weighted by Gasteiger charge is -2.13. The molecule has 0 radical (unpaired) electrons. The number of benzene rings is 2. The van der Waals surface area contributed by atoms with E-state index in [0.717, 1.165) is 11.1 Å².